The minimum atomic E-state index is -3.89. The van der Waals surface area contributed by atoms with Gasteiger partial charge >= 0.3 is 6.03 Å². The fourth-order valence-electron chi connectivity index (χ4n) is 8.44. The minimum absolute atomic E-state index is 0.0164. The van der Waals surface area contributed by atoms with E-state index in [0.717, 1.165) is 36.6 Å². The lowest BCUT2D eigenvalue weighted by molar-refractivity contribution is -0.141. The van der Waals surface area contributed by atoms with Gasteiger partial charge in [0.25, 0.3) is 5.91 Å². The van der Waals surface area contributed by atoms with E-state index in [0.29, 0.717) is 75.4 Å². The van der Waals surface area contributed by atoms with Crippen LogP contribution in [0, 0.1) is 5.92 Å². The second kappa shape index (κ2) is 16.3. The number of amides is 5. The summed E-state index contributed by atoms with van der Waals surface area (Å²) in [6.07, 6.45) is 13.9. The van der Waals surface area contributed by atoms with Crippen LogP contribution in [0.1, 0.15) is 82.6 Å². The molecule has 3 N–H and O–H groups in total. The zero-order chi connectivity index (χ0) is 39.7. The number of carbonyl (C=O) groups excluding carboxylic acids is 4. The fraction of sp³-hybridized carbons (Fsp3) is 0.585. The van der Waals surface area contributed by atoms with Crippen molar-refractivity contribution in [1.82, 2.24) is 30.1 Å². The molecule has 1 aromatic heterocycles. The number of benzene rings is 1. The van der Waals surface area contributed by atoms with E-state index >= 15 is 0 Å². The second-order valence-electron chi connectivity index (χ2n) is 16.2. The molecular weight excluding hydrogens is 753 g/mol. The van der Waals surface area contributed by atoms with E-state index in [2.05, 4.69) is 15.4 Å². The predicted molar refractivity (Wildman–Crippen MR) is 211 cm³/mol. The molecule has 2 aromatic rings. The molecule has 0 unspecified atom stereocenters. The Morgan fingerprint density at radius 1 is 1.00 bits per heavy atom. The molecule has 0 spiro atoms. The normalized spacial score (nSPS) is 30.1. The lowest BCUT2D eigenvalue weighted by Crippen LogP contribution is -2.58. The van der Waals surface area contributed by atoms with Crippen LogP contribution in [0.3, 0.4) is 0 Å². The molecule has 5 amide bonds. The Morgan fingerprint density at radius 3 is 2.67 bits per heavy atom. The third-order valence-electron chi connectivity index (χ3n) is 12.0. The smallest absolute Gasteiger partial charge is 0.318 e. The number of sulfonamides is 1. The van der Waals surface area contributed by atoms with Crippen molar-refractivity contribution in [3.05, 3.63) is 48.1 Å². The fourth-order valence-corrected chi connectivity index (χ4v) is 9.81. The van der Waals surface area contributed by atoms with E-state index in [1.165, 1.54) is 4.90 Å². The molecule has 6 atom stereocenters. The van der Waals surface area contributed by atoms with Gasteiger partial charge in [0.15, 0.2) is 0 Å². The number of aromatic nitrogens is 1. The minimum Gasteiger partial charge on any atom is -0.497 e. The number of pyridine rings is 1. The number of allylic oxidation sites excluding steroid dienone is 2. The number of hydrogen-bond acceptors (Lipinski definition) is 10. The molecule has 57 heavy (non-hydrogen) atoms. The van der Waals surface area contributed by atoms with E-state index < -0.39 is 62.6 Å². The average Bonchev–Trinajstić information content (AvgIpc) is 4.07. The van der Waals surface area contributed by atoms with Crippen LogP contribution in [0.2, 0.25) is 0 Å². The van der Waals surface area contributed by atoms with Crippen LogP contribution in [0.15, 0.2) is 42.5 Å². The molecule has 5 heterocycles. The largest absolute Gasteiger partial charge is 0.497 e. The van der Waals surface area contributed by atoms with E-state index in [9.17, 15) is 27.6 Å². The van der Waals surface area contributed by atoms with E-state index in [-0.39, 0.29) is 31.5 Å². The molecule has 5 bridgehead atoms. The lowest BCUT2D eigenvalue weighted by atomic mass is 10.0. The van der Waals surface area contributed by atoms with Gasteiger partial charge in [-0.15, -0.1) is 0 Å². The number of hydrogen-bond donors (Lipinski definition) is 3. The second-order valence-corrected chi connectivity index (χ2v) is 18.2. The number of fused-ring (bicyclic) bond motifs is 7. The standard InChI is InChI=1S/C41H52N6O9S/c1-54-29-14-13-26-20-27-10-6-5-9-19-55-30-17-18-46(24-30)40(51)43-33-12-8-4-2-3-7-11-28-23-41(28,39(50)45-57(52,53)32-15-16-32)44-36(48)35-22-31(25-47(35)38(33)49)56-37(27)42-34(26)21-29/h6-7,10-11,13-14,20-21,28,30-33,35H,2-5,8-9,12,15-19,22-25H2,1H3,(H,43,51)(H,44,48)(H,45,50)/t28-,30+,31-,33+,35+,41-/m1/s1. The summed E-state index contributed by atoms with van der Waals surface area (Å²) in [6.45, 7) is 1.47. The Labute approximate surface area is 333 Å². The number of methoxy groups -OCH3 is 1. The molecule has 16 heteroatoms. The first-order valence-corrected chi connectivity index (χ1v) is 21.9. The Bertz CT molecular complexity index is 2070. The van der Waals surface area contributed by atoms with Crippen molar-refractivity contribution in [3.8, 4) is 11.6 Å². The first-order valence-electron chi connectivity index (χ1n) is 20.4. The van der Waals surface area contributed by atoms with Gasteiger partial charge in [-0.05, 0) is 76.0 Å². The SMILES string of the molecule is COc1ccc2cc3c(nc2c1)O[C@@H]1C[C@H]2C(=O)N[C@]4(C(=O)NS(=O)(=O)C5CC5)C[C@H]4C=CCCCCC[C@H](NC(=O)N4CC[C@@H](C4)OCCCC=C3)C(=O)N2C1. The van der Waals surface area contributed by atoms with Crippen molar-refractivity contribution >= 4 is 50.8 Å². The Balaban J connectivity index is 1.14. The van der Waals surface area contributed by atoms with E-state index in [1.807, 2.05) is 48.6 Å². The molecule has 15 nitrogen and oxygen atoms in total. The number of urea groups is 1. The first-order chi connectivity index (χ1) is 27.5. The van der Waals surface area contributed by atoms with Crippen LogP contribution in [0.25, 0.3) is 17.0 Å². The van der Waals surface area contributed by atoms with Crippen molar-refractivity contribution in [2.75, 3.05) is 33.4 Å². The first kappa shape index (κ1) is 39.1. The van der Waals surface area contributed by atoms with Gasteiger partial charge in [-0.3, -0.25) is 19.1 Å². The van der Waals surface area contributed by atoms with Crippen molar-refractivity contribution in [1.29, 1.82) is 0 Å². The number of carbonyl (C=O) groups is 4. The molecule has 0 radical (unpaired) electrons. The zero-order valence-corrected chi connectivity index (χ0v) is 33.1. The van der Waals surface area contributed by atoms with Crippen LogP contribution >= 0.6 is 0 Å². The summed E-state index contributed by atoms with van der Waals surface area (Å²) in [5.74, 6) is -1.26. The van der Waals surface area contributed by atoms with E-state index in [1.54, 1.807) is 12.0 Å². The maximum Gasteiger partial charge on any atom is 0.318 e. The quantitative estimate of drug-likeness (QED) is 0.386. The Hall–Kier alpha value is -4.70. The maximum atomic E-state index is 14.7. The van der Waals surface area contributed by atoms with Gasteiger partial charge in [0.2, 0.25) is 27.7 Å². The number of rotatable bonds is 4. The Kier molecular flexibility index (Phi) is 11.2. The number of nitrogens with one attached hydrogen (secondary N) is 3. The lowest BCUT2D eigenvalue weighted by Gasteiger charge is -2.30. The maximum absolute atomic E-state index is 14.7. The highest BCUT2D eigenvalue weighted by atomic mass is 32.2. The highest BCUT2D eigenvalue weighted by Crippen LogP contribution is 2.46. The van der Waals surface area contributed by atoms with Crippen LogP contribution in [0.4, 0.5) is 4.79 Å². The zero-order valence-electron chi connectivity index (χ0n) is 32.3. The molecular formula is C41H52N6O9S. The van der Waals surface area contributed by atoms with Gasteiger partial charge in [0.05, 0.1) is 30.5 Å². The summed E-state index contributed by atoms with van der Waals surface area (Å²) in [5.41, 5.74) is -0.124. The van der Waals surface area contributed by atoms with Gasteiger partial charge < -0.3 is 34.6 Å². The molecule has 2 aliphatic carbocycles. The summed E-state index contributed by atoms with van der Waals surface area (Å²) in [5, 5.41) is 6.18. The van der Waals surface area contributed by atoms with Gasteiger partial charge in [0, 0.05) is 49.1 Å². The summed E-state index contributed by atoms with van der Waals surface area (Å²) < 4.78 is 46.3. The highest BCUT2D eigenvalue weighted by Gasteiger charge is 2.62. The summed E-state index contributed by atoms with van der Waals surface area (Å²) in [7, 11) is -2.31. The van der Waals surface area contributed by atoms with E-state index in [4.69, 9.17) is 19.2 Å². The highest BCUT2D eigenvalue weighted by molar-refractivity contribution is 7.91. The van der Waals surface area contributed by atoms with Crippen LogP contribution in [0.5, 0.6) is 11.6 Å². The van der Waals surface area contributed by atoms with Crippen molar-refractivity contribution in [3.63, 3.8) is 0 Å². The van der Waals surface area contributed by atoms with Crippen LogP contribution in [-0.2, 0) is 29.1 Å². The van der Waals surface area contributed by atoms with Crippen LogP contribution < -0.4 is 24.8 Å². The molecule has 306 valence electrons. The molecule has 6 aliphatic rings. The summed E-state index contributed by atoms with van der Waals surface area (Å²) in [4.78, 5) is 64.8. The van der Waals surface area contributed by atoms with Gasteiger partial charge in [0.1, 0.15) is 29.5 Å². The van der Waals surface area contributed by atoms with Crippen molar-refractivity contribution < 1.29 is 41.8 Å². The number of ether oxygens (including phenoxy) is 3. The molecule has 4 fully saturated rings. The molecule has 4 aliphatic heterocycles. The summed E-state index contributed by atoms with van der Waals surface area (Å²) in [6, 6.07) is 5.22. The molecule has 2 saturated carbocycles. The molecule has 2 saturated heterocycles. The average molecular weight is 805 g/mol. The van der Waals surface area contributed by atoms with Gasteiger partial charge in [-0.2, -0.15) is 0 Å². The topological polar surface area (TPSA) is 186 Å². The van der Waals surface area contributed by atoms with Gasteiger partial charge in [-0.25, -0.2) is 18.2 Å². The monoisotopic (exact) mass is 804 g/mol. The van der Waals surface area contributed by atoms with Gasteiger partial charge in [-0.1, -0.05) is 37.1 Å². The Morgan fingerprint density at radius 2 is 1.84 bits per heavy atom. The number of nitrogens with zero attached hydrogens (tertiary/aromatic N) is 3. The van der Waals surface area contributed by atoms with Crippen LogP contribution in [-0.4, -0.2) is 115 Å². The predicted octanol–water partition coefficient (Wildman–Crippen LogP) is 3.57. The molecule has 8 rings (SSSR count). The van der Waals surface area contributed by atoms with Crippen molar-refractivity contribution in [2.24, 2.45) is 5.92 Å². The molecule has 1 aromatic carbocycles. The third-order valence-corrected chi connectivity index (χ3v) is 13.9. The van der Waals surface area contributed by atoms with Crippen molar-refractivity contribution in [2.45, 2.75) is 112 Å². The third kappa shape index (κ3) is 8.62. The summed E-state index contributed by atoms with van der Waals surface area (Å²) >= 11 is 0.